The first kappa shape index (κ1) is 16.9. The summed E-state index contributed by atoms with van der Waals surface area (Å²) in [5, 5.41) is 7.49. The van der Waals surface area contributed by atoms with Crippen LogP contribution in [0.15, 0.2) is 29.4 Å². The molecule has 3 heterocycles. The van der Waals surface area contributed by atoms with E-state index in [4.69, 9.17) is 0 Å². The molecule has 0 amide bonds. The lowest BCUT2D eigenvalue weighted by Crippen LogP contribution is -2.35. The number of hydrogen-bond acceptors (Lipinski definition) is 5. The second-order valence-corrected chi connectivity index (χ2v) is 8.05. The van der Waals surface area contributed by atoms with E-state index < -0.39 is 10.0 Å². The maximum absolute atomic E-state index is 12.6. The van der Waals surface area contributed by atoms with E-state index in [1.54, 1.807) is 21.1 Å². The fourth-order valence-electron chi connectivity index (χ4n) is 2.90. The summed E-state index contributed by atoms with van der Waals surface area (Å²) < 4.78 is 28.5. The highest BCUT2D eigenvalue weighted by molar-refractivity contribution is 7.89. The minimum absolute atomic E-state index is 0.257. The molecule has 2 aromatic heterocycles. The fourth-order valence-corrected chi connectivity index (χ4v) is 4.36. The minimum atomic E-state index is -3.42. The number of sulfonamides is 1. The van der Waals surface area contributed by atoms with Crippen LogP contribution in [-0.4, -0.2) is 40.6 Å². The predicted octanol–water partition coefficient (Wildman–Crippen LogP) is 1.91. The molecule has 1 fully saturated rings. The zero-order chi connectivity index (χ0) is 17.2. The van der Waals surface area contributed by atoms with Gasteiger partial charge in [-0.3, -0.25) is 4.68 Å². The number of nitrogens with zero attached hydrogens (tertiary/aromatic N) is 4. The lowest BCUT2D eigenvalue weighted by molar-refractivity contribution is 0.346. The number of piperidine rings is 1. The van der Waals surface area contributed by atoms with Gasteiger partial charge in [-0.05, 0) is 31.9 Å². The van der Waals surface area contributed by atoms with Gasteiger partial charge >= 0.3 is 0 Å². The third-order valence-corrected chi connectivity index (χ3v) is 6.15. The smallest absolute Gasteiger partial charge is 0.244 e. The van der Waals surface area contributed by atoms with Crippen LogP contribution in [0.3, 0.4) is 0 Å². The van der Waals surface area contributed by atoms with Gasteiger partial charge in [0.1, 0.15) is 10.7 Å². The molecule has 0 spiro atoms. The van der Waals surface area contributed by atoms with Gasteiger partial charge in [-0.15, -0.1) is 0 Å². The van der Waals surface area contributed by atoms with Gasteiger partial charge in [0.2, 0.25) is 10.0 Å². The van der Waals surface area contributed by atoms with Gasteiger partial charge in [0.25, 0.3) is 0 Å². The van der Waals surface area contributed by atoms with Crippen molar-refractivity contribution in [1.82, 2.24) is 19.1 Å². The van der Waals surface area contributed by atoms with Gasteiger partial charge in [-0.2, -0.15) is 9.40 Å². The number of aryl methyl sites for hydroxylation is 2. The van der Waals surface area contributed by atoms with Crippen molar-refractivity contribution < 1.29 is 8.42 Å². The third kappa shape index (κ3) is 3.59. The van der Waals surface area contributed by atoms with Crippen molar-refractivity contribution in [3.8, 4) is 0 Å². The average molecular weight is 349 g/mol. The van der Waals surface area contributed by atoms with Crippen LogP contribution in [0.25, 0.3) is 0 Å². The zero-order valence-corrected chi connectivity index (χ0v) is 14.9. The molecule has 7 nitrogen and oxygen atoms in total. The van der Waals surface area contributed by atoms with Crippen molar-refractivity contribution in [3.05, 3.63) is 35.8 Å². The molecular formula is C16H23N5O2S. The van der Waals surface area contributed by atoms with Crippen LogP contribution in [0.2, 0.25) is 0 Å². The third-order valence-electron chi connectivity index (χ3n) is 4.26. The van der Waals surface area contributed by atoms with Crippen LogP contribution in [0.1, 0.15) is 30.5 Å². The molecule has 0 aliphatic carbocycles. The minimum Gasteiger partial charge on any atom is -0.366 e. The molecule has 3 rings (SSSR count). The first-order chi connectivity index (χ1) is 11.5. The second-order valence-electron chi connectivity index (χ2n) is 6.11. The Labute approximate surface area is 142 Å². The summed E-state index contributed by atoms with van der Waals surface area (Å²) in [6.45, 7) is 3.76. The molecule has 2 aromatic rings. The molecule has 0 radical (unpaired) electrons. The van der Waals surface area contributed by atoms with Crippen molar-refractivity contribution in [2.45, 2.75) is 37.6 Å². The lowest BCUT2D eigenvalue weighted by Gasteiger charge is -2.25. The highest BCUT2D eigenvalue weighted by Crippen LogP contribution is 2.21. The number of pyridine rings is 1. The molecule has 0 unspecified atom stereocenters. The Kier molecular flexibility index (Phi) is 4.86. The van der Waals surface area contributed by atoms with Crippen molar-refractivity contribution in [1.29, 1.82) is 0 Å². The number of aromatic nitrogens is 3. The molecule has 0 aromatic carbocycles. The van der Waals surface area contributed by atoms with Gasteiger partial charge in [0.05, 0.1) is 5.69 Å². The molecule has 1 saturated heterocycles. The Hall–Kier alpha value is -1.93. The Bertz CT molecular complexity index is 792. The average Bonchev–Trinajstić information content (AvgIpc) is 2.91. The highest BCUT2D eigenvalue weighted by Gasteiger charge is 2.26. The number of nitrogens with one attached hydrogen (secondary N) is 1. The Balaban J connectivity index is 1.67. The van der Waals surface area contributed by atoms with Crippen molar-refractivity contribution in [2.24, 2.45) is 7.05 Å². The van der Waals surface area contributed by atoms with E-state index in [1.165, 1.54) is 6.20 Å². The van der Waals surface area contributed by atoms with Gasteiger partial charge in [0, 0.05) is 44.6 Å². The van der Waals surface area contributed by atoms with Gasteiger partial charge in [0.15, 0.2) is 0 Å². The fraction of sp³-hybridized carbons (Fsp3) is 0.500. The standard InChI is InChI=1S/C16H23N5O2S/c1-13-14(12-20(2)19-13)10-17-16-7-6-15(11-18-16)24(22,23)21-8-4-3-5-9-21/h6-7,11-12H,3-5,8-10H2,1-2H3,(H,17,18). The maximum Gasteiger partial charge on any atom is 0.244 e. The van der Waals surface area contributed by atoms with Crippen LogP contribution in [0.5, 0.6) is 0 Å². The van der Waals surface area contributed by atoms with Crippen LogP contribution in [0.4, 0.5) is 5.82 Å². The SMILES string of the molecule is Cc1nn(C)cc1CNc1ccc(S(=O)(=O)N2CCCCC2)cn1. The molecule has 8 heteroatoms. The molecule has 0 atom stereocenters. The highest BCUT2D eigenvalue weighted by atomic mass is 32.2. The van der Waals surface area contributed by atoms with E-state index in [9.17, 15) is 8.42 Å². The summed E-state index contributed by atoms with van der Waals surface area (Å²) in [5.41, 5.74) is 2.05. The topological polar surface area (TPSA) is 80.1 Å². The molecule has 1 aliphatic heterocycles. The lowest BCUT2D eigenvalue weighted by atomic mass is 10.2. The Morgan fingerprint density at radius 1 is 1.21 bits per heavy atom. The number of hydrogen-bond donors (Lipinski definition) is 1. The van der Waals surface area contributed by atoms with Crippen molar-refractivity contribution >= 4 is 15.8 Å². The molecule has 24 heavy (non-hydrogen) atoms. The van der Waals surface area contributed by atoms with E-state index in [0.29, 0.717) is 25.5 Å². The molecule has 0 saturated carbocycles. The summed E-state index contributed by atoms with van der Waals surface area (Å²) in [6.07, 6.45) is 6.34. The summed E-state index contributed by atoms with van der Waals surface area (Å²) in [5.74, 6) is 0.649. The molecule has 0 bridgehead atoms. The second kappa shape index (κ2) is 6.90. The van der Waals surface area contributed by atoms with E-state index in [1.807, 2.05) is 20.2 Å². The maximum atomic E-state index is 12.6. The zero-order valence-electron chi connectivity index (χ0n) is 14.1. The largest absolute Gasteiger partial charge is 0.366 e. The Morgan fingerprint density at radius 3 is 2.54 bits per heavy atom. The first-order valence-corrected chi connectivity index (χ1v) is 9.60. The molecule has 130 valence electrons. The van der Waals surface area contributed by atoms with Gasteiger partial charge in [-0.25, -0.2) is 13.4 Å². The first-order valence-electron chi connectivity index (χ1n) is 8.16. The molecule has 1 N–H and O–H groups in total. The molecule has 1 aliphatic rings. The van der Waals surface area contributed by atoms with E-state index >= 15 is 0 Å². The predicted molar refractivity (Wildman–Crippen MR) is 92.1 cm³/mol. The Morgan fingerprint density at radius 2 is 1.96 bits per heavy atom. The van der Waals surface area contributed by atoms with Gasteiger partial charge in [-0.1, -0.05) is 6.42 Å². The summed E-state index contributed by atoms with van der Waals surface area (Å²) in [4.78, 5) is 4.50. The summed E-state index contributed by atoms with van der Waals surface area (Å²) in [7, 11) is -1.54. The molecular weight excluding hydrogens is 326 g/mol. The van der Waals surface area contributed by atoms with Gasteiger partial charge < -0.3 is 5.32 Å². The van der Waals surface area contributed by atoms with E-state index in [0.717, 1.165) is 30.5 Å². The number of anilines is 1. The quantitative estimate of drug-likeness (QED) is 0.892. The van der Waals surface area contributed by atoms with Crippen LogP contribution in [0, 0.1) is 6.92 Å². The van der Waals surface area contributed by atoms with E-state index in [2.05, 4.69) is 15.4 Å². The van der Waals surface area contributed by atoms with E-state index in [-0.39, 0.29) is 4.90 Å². The monoisotopic (exact) mass is 349 g/mol. The summed E-state index contributed by atoms with van der Waals surface area (Å²) >= 11 is 0. The van der Waals surface area contributed by atoms with Crippen LogP contribution < -0.4 is 5.32 Å². The summed E-state index contributed by atoms with van der Waals surface area (Å²) in [6, 6.07) is 3.33. The number of rotatable bonds is 5. The van der Waals surface area contributed by atoms with Crippen LogP contribution in [-0.2, 0) is 23.6 Å². The van der Waals surface area contributed by atoms with Crippen molar-refractivity contribution in [3.63, 3.8) is 0 Å². The normalized spacial score (nSPS) is 16.2. The van der Waals surface area contributed by atoms with Crippen molar-refractivity contribution in [2.75, 3.05) is 18.4 Å². The van der Waals surface area contributed by atoms with Crippen LogP contribution >= 0.6 is 0 Å².